The maximum absolute atomic E-state index is 13.1. The highest BCUT2D eigenvalue weighted by atomic mass is 32.2. The highest BCUT2D eigenvalue weighted by Gasteiger charge is 2.23. The van der Waals surface area contributed by atoms with Crippen molar-refractivity contribution in [1.82, 2.24) is 5.32 Å². The van der Waals surface area contributed by atoms with Crippen molar-refractivity contribution in [2.45, 2.75) is 4.90 Å². The summed E-state index contributed by atoms with van der Waals surface area (Å²) < 4.78 is 0. The molecular weight excluding hydrogens is 362 g/mol. The zero-order valence-electron chi connectivity index (χ0n) is 14.6. The topological polar surface area (TPSA) is 78.5 Å². The molecule has 27 heavy (non-hydrogen) atoms. The van der Waals surface area contributed by atoms with E-state index < -0.39 is 0 Å². The number of fused-ring (bicyclic) bond motifs is 1. The second kappa shape index (κ2) is 7.98. The predicted octanol–water partition coefficient (Wildman–Crippen LogP) is 2.10. The number of rotatable bonds is 4. The van der Waals surface area contributed by atoms with Crippen LogP contribution in [0.1, 0.15) is 15.9 Å². The van der Waals surface area contributed by atoms with E-state index in [2.05, 4.69) is 16.6 Å². The van der Waals surface area contributed by atoms with Crippen molar-refractivity contribution in [3.05, 3.63) is 53.6 Å². The third-order valence-corrected chi connectivity index (χ3v) is 5.08. The minimum Gasteiger partial charge on any atom is -0.358 e. The molecule has 2 aromatic carbocycles. The molecule has 7 heteroatoms. The Morgan fingerprint density at radius 2 is 2.11 bits per heavy atom. The average Bonchev–Trinajstić information content (AvgIpc) is 2.70. The Morgan fingerprint density at radius 3 is 2.85 bits per heavy atom. The molecule has 1 heterocycles. The van der Waals surface area contributed by atoms with Crippen molar-refractivity contribution in [2.75, 3.05) is 29.6 Å². The van der Waals surface area contributed by atoms with Crippen molar-refractivity contribution in [3.8, 4) is 12.3 Å². The first kappa shape index (κ1) is 18.5. The van der Waals surface area contributed by atoms with Crippen molar-refractivity contribution in [2.24, 2.45) is 0 Å². The summed E-state index contributed by atoms with van der Waals surface area (Å²) in [4.78, 5) is 39.0. The normalized spacial score (nSPS) is 12.4. The molecule has 1 aliphatic rings. The monoisotopic (exact) mass is 379 g/mol. The summed E-state index contributed by atoms with van der Waals surface area (Å²) in [7, 11) is 1.51. The Labute approximate surface area is 161 Å². The molecule has 2 N–H and O–H groups in total. The van der Waals surface area contributed by atoms with Crippen LogP contribution in [0.15, 0.2) is 47.4 Å². The van der Waals surface area contributed by atoms with Crippen molar-refractivity contribution < 1.29 is 14.4 Å². The lowest BCUT2D eigenvalue weighted by molar-refractivity contribution is -0.119. The number of amides is 3. The summed E-state index contributed by atoms with van der Waals surface area (Å²) in [6, 6.07) is 12.0. The second-order valence-electron chi connectivity index (χ2n) is 5.81. The molecule has 0 saturated heterocycles. The average molecular weight is 379 g/mol. The molecule has 136 valence electrons. The van der Waals surface area contributed by atoms with Crippen LogP contribution in [0.4, 0.5) is 11.4 Å². The number of nitrogens with zero attached hydrogens (tertiary/aromatic N) is 1. The Morgan fingerprint density at radius 1 is 1.30 bits per heavy atom. The number of thioether (sulfide) groups is 1. The van der Waals surface area contributed by atoms with Gasteiger partial charge in [-0.15, -0.1) is 18.2 Å². The number of hydrogen-bond donors (Lipinski definition) is 2. The molecule has 3 rings (SSSR count). The molecule has 1 aliphatic heterocycles. The highest BCUT2D eigenvalue weighted by molar-refractivity contribution is 8.00. The number of hydrogen-bond acceptors (Lipinski definition) is 4. The quantitative estimate of drug-likeness (QED) is 0.798. The number of carbonyl (C=O) groups excluding carboxylic acids is 3. The molecule has 0 saturated carbocycles. The van der Waals surface area contributed by atoms with E-state index in [1.807, 2.05) is 0 Å². The molecule has 0 atom stereocenters. The van der Waals surface area contributed by atoms with E-state index >= 15 is 0 Å². The van der Waals surface area contributed by atoms with Crippen LogP contribution >= 0.6 is 11.8 Å². The zero-order chi connectivity index (χ0) is 19.4. The van der Waals surface area contributed by atoms with Crippen LogP contribution in [-0.2, 0) is 9.59 Å². The van der Waals surface area contributed by atoms with Gasteiger partial charge in [0, 0.05) is 28.8 Å². The Balaban J connectivity index is 1.98. The molecular formula is C20H17N3O3S. The van der Waals surface area contributed by atoms with Crippen LogP contribution in [0.5, 0.6) is 0 Å². The first-order valence-electron chi connectivity index (χ1n) is 8.17. The van der Waals surface area contributed by atoms with E-state index in [1.165, 1.54) is 23.7 Å². The highest BCUT2D eigenvalue weighted by Crippen LogP contribution is 2.32. The van der Waals surface area contributed by atoms with Crippen molar-refractivity contribution >= 4 is 40.9 Å². The van der Waals surface area contributed by atoms with Gasteiger partial charge in [0.05, 0.1) is 11.4 Å². The molecule has 0 radical (unpaired) electrons. The third-order valence-electron chi connectivity index (χ3n) is 4.01. The summed E-state index contributed by atoms with van der Waals surface area (Å²) >= 11 is 1.42. The van der Waals surface area contributed by atoms with Crippen LogP contribution in [-0.4, -0.2) is 37.1 Å². The van der Waals surface area contributed by atoms with Crippen LogP contribution in [0.25, 0.3) is 0 Å². The van der Waals surface area contributed by atoms with Gasteiger partial charge in [0.25, 0.3) is 5.91 Å². The number of nitrogens with one attached hydrogen (secondary N) is 2. The Kier molecular flexibility index (Phi) is 5.48. The van der Waals surface area contributed by atoms with E-state index in [1.54, 1.807) is 42.5 Å². The molecule has 3 amide bonds. The first-order chi connectivity index (χ1) is 13.0. The molecule has 0 aromatic heterocycles. The standard InChI is InChI=1S/C20H17N3O3S/c1-3-13-5-4-6-15(9-13)23(11-18(24)21-2)20(26)14-7-8-17-16(10-14)22-19(25)12-27-17/h1,4-10H,11-12H2,2H3,(H,21,24)(H,22,25). The van der Waals surface area contributed by atoms with Gasteiger partial charge in [-0.2, -0.15) is 0 Å². The van der Waals surface area contributed by atoms with E-state index in [4.69, 9.17) is 6.42 Å². The Hall–Kier alpha value is -3.24. The van der Waals surface area contributed by atoms with Gasteiger partial charge in [-0.1, -0.05) is 12.0 Å². The summed E-state index contributed by atoms with van der Waals surface area (Å²) in [6.07, 6.45) is 5.45. The number of benzene rings is 2. The van der Waals surface area contributed by atoms with Gasteiger partial charge in [0.1, 0.15) is 6.54 Å². The number of carbonyl (C=O) groups is 3. The van der Waals surface area contributed by atoms with Gasteiger partial charge >= 0.3 is 0 Å². The maximum Gasteiger partial charge on any atom is 0.258 e. The lowest BCUT2D eigenvalue weighted by Crippen LogP contribution is -2.40. The minimum absolute atomic E-state index is 0.110. The molecule has 0 aliphatic carbocycles. The van der Waals surface area contributed by atoms with Gasteiger partial charge in [0.2, 0.25) is 11.8 Å². The zero-order valence-corrected chi connectivity index (χ0v) is 15.4. The van der Waals surface area contributed by atoms with E-state index in [-0.39, 0.29) is 24.3 Å². The predicted molar refractivity (Wildman–Crippen MR) is 106 cm³/mol. The van der Waals surface area contributed by atoms with Gasteiger partial charge in [-0.05, 0) is 36.4 Å². The van der Waals surface area contributed by atoms with Crippen LogP contribution < -0.4 is 15.5 Å². The largest absolute Gasteiger partial charge is 0.358 e. The van der Waals surface area contributed by atoms with Crippen LogP contribution in [0.3, 0.4) is 0 Å². The molecule has 6 nitrogen and oxygen atoms in total. The van der Waals surface area contributed by atoms with Gasteiger partial charge in [-0.3, -0.25) is 19.3 Å². The first-order valence-corrected chi connectivity index (χ1v) is 9.16. The van der Waals surface area contributed by atoms with E-state index in [9.17, 15) is 14.4 Å². The molecule has 0 fully saturated rings. The summed E-state index contributed by atoms with van der Waals surface area (Å²) in [5.74, 6) is 2.09. The fourth-order valence-corrected chi connectivity index (χ4v) is 3.43. The smallest absolute Gasteiger partial charge is 0.258 e. The SMILES string of the molecule is C#Cc1cccc(N(CC(=O)NC)C(=O)c2ccc3c(c2)NC(=O)CS3)c1. The Bertz CT molecular complexity index is 965. The summed E-state index contributed by atoms with van der Waals surface area (Å²) in [6.45, 7) is -0.151. The van der Waals surface area contributed by atoms with Crippen molar-refractivity contribution in [3.63, 3.8) is 0 Å². The van der Waals surface area contributed by atoms with Crippen LogP contribution in [0.2, 0.25) is 0 Å². The molecule has 0 bridgehead atoms. The van der Waals surface area contributed by atoms with Crippen LogP contribution in [0, 0.1) is 12.3 Å². The lowest BCUT2D eigenvalue weighted by atomic mass is 10.1. The van der Waals surface area contributed by atoms with Gasteiger partial charge < -0.3 is 10.6 Å². The summed E-state index contributed by atoms with van der Waals surface area (Å²) in [5.41, 5.74) is 2.09. The summed E-state index contributed by atoms with van der Waals surface area (Å²) in [5, 5.41) is 5.29. The number of terminal acetylenes is 1. The fraction of sp³-hybridized carbons (Fsp3) is 0.150. The van der Waals surface area contributed by atoms with Gasteiger partial charge in [0.15, 0.2) is 0 Å². The number of likely N-dealkylation sites (N-methyl/N-ethyl adjacent to an activating group) is 1. The number of anilines is 2. The lowest BCUT2D eigenvalue weighted by Gasteiger charge is -2.23. The molecule has 0 spiro atoms. The van der Waals surface area contributed by atoms with E-state index in [0.717, 1.165) is 4.90 Å². The fourth-order valence-electron chi connectivity index (χ4n) is 2.64. The van der Waals surface area contributed by atoms with E-state index in [0.29, 0.717) is 28.3 Å². The minimum atomic E-state index is -0.361. The molecule has 0 unspecified atom stereocenters. The maximum atomic E-state index is 13.1. The third kappa shape index (κ3) is 4.13. The van der Waals surface area contributed by atoms with Gasteiger partial charge in [-0.25, -0.2) is 0 Å². The second-order valence-corrected chi connectivity index (χ2v) is 6.82. The van der Waals surface area contributed by atoms with Crippen molar-refractivity contribution in [1.29, 1.82) is 0 Å². The molecule has 2 aromatic rings.